The molecule has 0 atom stereocenters. The van der Waals surface area contributed by atoms with Gasteiger partial charge in [0.1, 0.15) is 0 Å². The zero-order valence-electron chi connectivity index (χ0n) is 14.6. The molecule has 0 N–H and O–H groups in total. The van der Waals surface area contributed by atoms with E-state index in [1.54, 1.807) is 24.3 Å². The van der Waals surface area contributed by atoms with E-state index in [0.29, 0.717) is 11.1 Å². The van der Waals surface area contributed by atoms with Gasteiger partial charge in [-0.3, -0.25) is 0 Å². The van der Waals surface area contributed by atoms with E-state index in [1.807, 2.05) is 24.3 Å². The van der Waals surface area contributed by atoms with E-state index in [1.165, 1.54) is 9.65 Å². The van der Waals surface area contributed by atoms with Gasteiger partial charge < -0.3 is 9.47 Å². The Morgan fingerprint density at radius 1 is 0.655 bits per heavy atom. The molecule has 2 aromatic rings. The molecule has 0 amide bonds. The van der Waals surface area contributed by atoms with Crippen LogP contribution in [0.4, 0.5) is 0 Å². The molecule has 2 aliphatic rings. The van der Waals surface area contributed by atoms with Crippen LogP contribution in [-0.4, -0.2) is 23.9 Å². The van der Waals surface area contributed by atoms with Crippen molar-refractivity contribution in [2.75, 3.05) is 0 Å². The van der Waals surface area contributed by atoms with E-state index in [9.17, 15) is 19.2 Å². The van der Waals surface area contributed by atoms with Crippen molar-refractivity contribution in [3.05, 3.63) is 88.0 Å². The van der Waals surface area contributed by atoms with Crippen LogP contribution in [-0.2, 0) is 28.7 Å². The molecular weight excluding hydrogens is 670 g/mol. The third-order valence-corrected chi connectivity index (χ3v) is 3.77. The largest absolute Gasteiger partial charge is 0.387 e. The first-order valence-electron chi connectivity index (χ1n) is 7.63. The van der Waals surface area contributed by atoms with Crippen LogP contribution in [0.2, 0.25) is 0 Å². The number of ether oxygens (including phenoxy) is 2. The topological polar surface area (TPSA) is 86.7 Å². The number of hydrogen-bond acceptors (Lipinski definition) is 6. The van der Waals surface area contributed by atoms with Crippen molar-refractivity contribution < 1.29 is 28.7 Å². The lowest BCUT2D eigenvalue weighted by Crippen LogP contribution is -2.00. The average Bonchev–Trinajstić information content (AvgIpc) is 3.21. The third-order valence-electron chi connectivity index (χ3n) is 3.05. The molecule has 4 rings (SSSR count). The van der Waals surface area contributed by atoms with Gasteiger partial charge in [0, 0.05) is 21.8 Å². The highest BCUT2D eigenvalue weighted by Crippen LogP contribution is 2.20. The maximum atomic E-state index is 11.1. The van der Waals surface area contributed by atoms with Gasteiger partial charge in [-0.1, -0.05) is 48.5 Å². The summed E-state index contributed by atoms with van der Waals surface area (Å²) in [5.41, 5.74) is 1.03. The van der Waals surface area contributed by atoms with Crippen LogP contribution in [0.3, 0.4) is 0 Å². The zero-order chi connectivity index (χ0) is 19.6. The fourth-order valence-electron chi connectivity index (χ4n) is 1.89. The van der Waals surface area contributed by atoms with Crippen molar-refractivity contribution in [2.45, 2.75) is 0 Å². The summed E-state index contributed by atoms with van der Waals surface area (Å²) in [6, 6.07) is 19.2. The maximum absolute atomic E-state index is 11.1. The second kappa shape index (κ2) is 14.2. The van der Waals surface area contributed by atoms with Crippen LogP contribution in [0.5, 0.6) is 0 Å². The first-order chi connectivity index (χ1) is 13.0. The third kappa shape index (κ3) is 9.94. The number of carbonyl (C=O) groups is 4. The fraction of sp³-hybridized carbons (Fsp3) is 0. The van der Waals surface area contributed by atoms with E-state index in [-0.39, 0.29) is 41.0 Å². The summed E-state index contributed by atoms with van der Waals surface area (Å²) >= 11 is 2.28. The Kier molecular flexibility index (Phi) is 13.3. The number of halogens is 3. The second-order valence-electron chi connectivity index (χ2n) is 5.00. The predicted octanol–water partition coefficient (Wildman–Crippen LogP) is 4.27. The van der Waals surface area contributed by atoms with Crippen molar-refractivity contribution in [3.8, 4) is 0 Å². The van der Waals surface area contributed by atoms with E-state index in [0.717, 1.165) is 12.2 Å². The molecule has 9 heteroatoms. The van der Waals surface area contributed by atoms with Crippen molar-refractivity contribution >= 4 is 93.0 Å². The lowest BCUT2D eigenvalue weighted by atomic mass is 10.1. The van der Waals surface area contributed by atoms with Gasteiger partial charge in [0.2, 0.25) is 0 Å². The molecule has 0 aliphatic carbocycles. The SMILES string of the molecule is Br.I.Ic1ccccc1.O=C1C=C(c2ccccc2)C(=O)O1.O=C1C=CC(=O)O1. The molecule has 0 unspecified atom stereocenters. The highest BCUT2D eigenvalue weighted by atomic mass is 127. The van der Waals surface area contributed by atoms with Crippen LogP contribution in [0.25, 0.3) is 5.57 Å². The van der Waals surface area contributed by atoms with Gasteiger partial charge >= 0.3 is 23.9 Å². The molecule has 0 fully saturated rings. The van der Waals surface area contributed by atoms with Crippen molar-refractivity contribution in [1.29, 1.82) is 0 Å². The number of esters is 4. The Labute approximate surface area is 208 Å². The molecule has 0 radical (unpaired) electrons. The number of carbonyl (C=O) groups excluding carboxylic acids is 4. The minimum absolute atomic E-state index is 0. The van der Waals surface area contributed by atoms with Gasteiger partial charge in [-0.15, -0.1) is 41.0 Å². The first-order valence-corrected chi connectivity index (χ1v) is 8.71. The second-order valence-corrected chi connectivity index (χ2v) is 6.25. The summed E-state index contributed by atoms with van der Waals surface area (Å²) in [6.07, 6.45) is 3.38. The Morgan fingerprint density at radius 3 is 1.45 bits per heavy atom. The smallest absolute Gasteiger partial charge is 0.346 e. The summed E-state index contributed by atoms with van der Waals surface area (Å²) in [4.78, 5) is 41.6. The average molecular weight is 685 g/mol. The fourth-order valence-corrected chi connectivity index (χ4v) is 2.30. The lowest BCUT2D eigenvalue weighted by Gasteiger charge is -1.96. The molecule has 0 bridgehead atoms. The number of rotatable bonds is 1. The summed E-state index contributed by atoms with van der Waals surface area (Å²) in [5.74, 6) is -2.32. The molecule has 0 saturated carbocycles. The van der Waals surface area contributed by atoms with Gasteiger partial charge in [-0.25, -0.2) is 19.2 Å². The van der Waals surface area contributed by atoms with Gasteiger partial charge in [0.05, 0.1) is 5.57 Å². The van der Waals surface area contributed by atoms with Crippen LogP contribution < -0.4 is 0 Å². The molecule has 2 aliphatic heterocycles. The van der Waals surface area contributed by atoms with Crippen molar-refractivity contribution in [2.24, 2.45) is 0 Å². The molecule has 0 spiro atoms. The Bertz CT molecular complexity index is 895. The summed E-state index contributed by atoms with van der Waals surface area (Å²) in [7, 11) is 0. The highest BCUT2D eigenvalue weighted by Gasteiger charge is 2.24. The molecule has 29 heavy (non-hydrogen) atoms. The first kappa shape index (κ1) is 27.1. The molecule has 0 saturated heterocycles. The van der Waals surface area contributed by atoms with Crippen molar-refractivity contribution in [1.82, 2.24) is 0 Å². The lowest BCUT2D eigenvalue weighted by molar-refractivity contribution is -0.151. The van der Waals surface area contributed by atoms with E-state index >= 15 is 0 Å². The van der Waals surface area contributed by atoms with Gasteiger partial charge in [0.15, 0.2) is 0 Å². The van der Waals surface area contributed by atoms with E-state index in [2.05, 4.69) is 44.2 Å². The van der Waals surface area contributed by atoms with Crippen molar-refractivity contribution in [3.63, 3.8) is 0 Å². The number of hydrogen-bond donors (Lipinski definition) is 0. The molecule has 0 aromatic heterocycles. The summed E-state index contributed by atoms with van der Waals surface area (Å²) < 4.78 is 9.62. The minimum Gasteiger partial charge on any atom is -0.387 e. The van der Waals surface area contributed by atoms with Crippen LogP contribution in [0.1, 0.15) is 5.56 Å². The minimum atomic E-state index is -0.594. The Balaban J connectivity index is 0.000000423. The highest BCUT2D eigenvalue weighted by molar-refractivity contribution is 14.1. The molecule has 6 nitrogen and oxygen atoms in total. The maximum Gasteiger partial charge on any atom is 0.346 e. The van der Waals surface area contributed by atoms with Gasteiger partial charge in [0.25, 0.3) is 0 Å². The summed E-state index contributed by atoms with van der Waals surface area (Å²) in [6.45, 7) is 0. The van der Waals surface area contributed by atoms with Crippen LogP contribution >= 0.6 is 63.5 Å². The van der Waals surface area contributed by atoms with Crippen LogP contribution in [0.15, 0.2) is 78.9 Å². The Morgan fingerprint density at radius 2 is 1.14 bits per heavy atom. The van der Waals surface area contributed by atoms with E-state index in [4.69, 9.17) is 0 Å². The van der Waals surface area contributed by atoms with Gasteiger partial charge in [-0.2, -0.15) is 0 Å². The summed E-state index contributed by atoms with van der Waals surface area (Å²) in [5, 5.41) is 0. The Hall–Kier alpha value is -1.86. The zero-order valence-corrected chi connectivity index (χ0v) is 20.9. The van der Waals surface area contributed by atoms with Crippen LogP contribution in [0, 0.1) is 3.57 Å². The predicted molar refractivity (Wildman–Crippen MR) is 131 cm³/mol. The molecule has 2 heterocycles. The normalized spacial score (nSPS) is 13.3. The number of benzene rings is 2. The monoisotopic (exact) mass is 684 g/mol. The number of cyclic esters (lactones) is 4. The standard InChI is InChI=1S/C10H6O3.C6H5I.C4H2O3.BrH.HI/c11-9-6-8(10(12)13-9)7-4-2-1-3-5-7;7-6-4-2-1-3-5-6;5-3-1-2-4(6)7-3;;/h1-6H;1-5H;1-2H;2*1H. The molecule has 2 aromatic carbocycles. The quantitative estimate of drug-likeness (QED) is 0.254. The molecule has 152 valence electrons. The molecular formula is C20H15BrI2O6. The van der Waals surface area contributed by atoms with E-state index < -0.39 is 23.9 Å². The van der Waals surface area contributed by atoms with Gasteiger partial charge in [-0.05, 0) is 40.3 Å².